The van der Waals surface area contributed by atoms with Crippen LogP contribution in [-0.4, -0.2) is 54.7 Å². The van der Waals surface area contributed by atoms with Crippen LogP contribution in [-0.2, 0) is 15.6 Å². The number of amides is 2. The third kappa shape index (κ3) is 6.14. The van der Waals surface area contributed by atoms with Crippen LogP contribution in [0.1, 0.15) is 61.8 Å². The van der Waals surface area contributed by atoms with Gasteiger partial charge in [0.1, 0.15) is 16.4 Å². The summed E-state index contributed by atoms with van der Waals surface area (Å²) in [6, 6.07) is 8.91. The molecule has 2 aromatic carbocycles. The van der Waals surface area contributed by atoms with Crippen molar-refractivity contribution in [3.05, 3.63) is 46.9 Å². The molecule has 0 saturated carbocycles. The second kappa shape index (κ2) is 11.6. The van der Waals surface area contributed by atoms with Crippen LogP contribution in [0.15, 0.2) is 46.1 Å². The molecule has 0 spiro atoms. The Morgan fingerprint density at radius 3 is 2.17 bits per heavy atom. The zero-order valence-corrected chi connectivity index (χ0v) is 25.8. The lowest BCUT2D eigenvalue weighted by atomic mass is 9.81. The summed E-state index contributed by atoms with van der Waals surface area (Å²) in [5.74, 6) is 0.542. The summed E-state index contributed by atoms with van der Waals surface area (Å²) in [4.78, 5) is 28.0. The minimum Gasteiger partial charge on any atom is -0.495 e. The predicted octanol–water partition coefficient (Wildman–Crippen LogP) is 5.49. The number of ether oxygens (including phenoxy) is 2. The maximum Gasteiger partial charge on any atom is 0.343 e. The lowest BCUT2D eigenvalue weighted by Gasteiger charge is -2.33. The van der Waals surface area contributed by atoms with E-state index in [1.165, 1.54) is 25.3 Å². The minimum atomic E-state index is -4.42. The van der Waals surface area contributed by atoms with Crippen LogP contribution in [0.25, 0.3) is 11.0 Å². The van der Waals surface area contributed by atoms with Gasteiger partial charge in [0.15, 0.2) is 0 Å². The quantitative estimate of drug-likeness (QED) is 0.343. The van der Waals surface area contributed by atoms with Crippen molar-refractivity contribution in [1.82, 2.24) is 13.4 Å². The molecule has 0 fully saturated rings. The molecule has 0 aliphatic carbocycles. The Morgan fingerprint density at radius 1 is 0.975 bits per heavy atom. The first kappa shape index (κ1) is 31.1. The molecule has 1 aromatic heterocycles. The Balaban J connectivity index is 2.24. The van der Waals surface area contributed by atoms with Crippen molar-refractivity contribution in [3.63, 3.8) is 0 Å². The van der Waals surface area contributed by atoms with Gasteiger partial charge in [0.05, 0.1) is 24.8 Å². The van der Waals surface area contributed by atoms with E-state index in [-0.39, 0.29) is 27.6 Å². The van der Waals surface area contributed by atoms with Gasteiger partial charge in [-0.3, -0.25) is 4.57 Å². The van der Waals surface area contributed by atoms with E-state index in [9.17, 15) is 18.0 Å². The predicted molar refractivity (Wildman–Crippen MR) is 158 cm³/mol. The second-order valence-corrected chi connectivity index (χ2v) is 13.2. The van der Waals surface area contributed by atoms with Gasteiger partial charge < -0.3 is 19.7 Å². The first-order chi connectivity index (χ1) is 18.6. The molecule has 0 saturated heterocycles. The molecule has 1 N–H and O–H groups in total. The van der Waals surface area contributed by atoms with Crippen molar-refractivity contribution < 1.29 is 22.7 Å². The Kier molecular flexibility index (Phi) is 8.98. The third-order valence-corrected chi connectivity index (χ3v) is 8.36. The highest BCUT2D eigenvalue weighted by Gasteiger charge is 2.35. The molecular formula is C29H42N4O6S. The van der Waals surface area contributed by atoms with Gasteiger partial charge >= 0.3 is 11.7 Å². The number of benzene rings is 2. The molecule has 40 heavy (non-hydrogen) atoms. The number of rotatable bonds is 10. The van der Waals surface area contributed by atoms with Crippen molar-refractivity contribution in [2.45, 2.75) is 72.2 Å². The van der Waals surface area contributed by atoms with Crippen LogP contribution >= 0.6 is 0 Å². The highest BCUT2D eigenvalue weighted by Crippen LogP contribution is 2.36. The number of fused-ring (bicyclic) bond motifs is 1. The number of urea groups is 1. The van der Waals surface area contributed by atoms with Crippen LogP contribution in [0.2, 0.25) is 0 Å². The van der Waals surface area contributed by atoms with Crippen molar-refractivity contribution >= 4 is 32.8 Å². The van der Waals surface area contributed by atoms with Crippen LogP contribution < -0.4 is 20.5 Å². The standard InChI is InChI=1S/C29H42N4O6S/c1-10-31(11-2)26(34)30-20-13-16-25(24(17-20)38-9)40(36,37)33-22-15-14-21(39-12-3)18-23(22)32(27(33)35)29(7,8)19-28(4,5)6/h13-18H,10-12,19H2,1-9H3,(H,30,34). The first-order valence-corrected chi connectivity index (χ1v) is 15.0. The first-order valence-electron chi connectivity index (χ1n) is 13.5. The number of imidazole rings is 1. The molecule has 11 heteroatoms. The van der Waals surface area contributed by atoms with E-state index in [1.807, 2.05) is 34.6 Å². The van der Waals surface area contributed by atoms with Gasteiger partial charge in [-0.2, -0.15) is 3.97 Å². The molecule has 0 aliphatic heterocycles. The van der Waals surface area contributed by atoms with Gasteiger partial charge in [0, 0.05) is 36.4 Å². The Labute approximate surface area is 236 Å². The van der Waals surface area contributed by atoms with E-state index in [0.29, 0.717) is 43.1 Å². The fraction of sp³-hybridized carbons (Fsp3) is 0.517. The van der Waals surface area contributed by atoms with Crippen LogP contribution in [0.3, 0.4) is 0 Å². The number of hydrogen-bond donors (Lipinski definition) is 1. The molecule has 1 heterocycles. The number of anilines is 1. The van der Waals surface area contributed by atoms with Gasteiger partial charge in [0.25, 0.3) is 10.0 Å². The fourth-order valence-corrected chi connectivity index (χ4v) is 6.91. The summed E-state index contributed by atoms with van der Waals surface area (Å²) in [6.45, 7) is 17.2. The summed E-state index contributed by atoms with van der Waals surface area (Å²) in [5.41, 5.74) is -0.481. The maximum atomic E-state index is 14.2. The topological polar surface area (TPSA) is 112 Å². The zero-order chi connectivity index (χ0) is 30.0. The van der Waals surface area contributed by atoms with Gasteiger partial charge in [-0.25, -0.2) is 18.0 Å². The number of aromatic nitrogens is 2. The number of carbonyl (C=O) groups is 1. The van der Waals surface area contributed by atoms with Crippen LogP contribution in [0.4, 0.5) is 10.5 Å². The summed E-state index contributed by atoms with van der Waals surface area (Å²) >= 11 is 0. The molecule has 0 radical (unpaired) electrons. The fourth-order valence-electron chi connectivity index (χ4n) is 5.37. The average molecular weight is 575 g/mol. The van der Waals surface area contributed by atoms with Crippen molar-refractivity contribution in [2.24, 2.45) is 5.41 Å². The lowest BCUT2D eigenvalue weighted by Crippen LogP contribution is -2.40. The third-order valence-electron chi connectivity index (χ3n) is 6.63. The summed E-state index contributed by atoms with van der Waals surface area (Å²) in [7, 11) is -3.08. The normalized spacial score (nSPS) is 12.4. The number of methoxy groups -OCH3 is 1. The molecule has 3 rings (SSSR count). The van der Waals surface area contributed by atoms with Crippen molar-refractivity contribution in [2.75, 3.05) is 32.1 Å². The van der Waals surface area contributed by atoms with Gasteiger partial charge in [-0.1, -0.05) is 20.8 Å². The Bertz CT molecular complexity index is 1540. The van der Waals surface area contributed by atoms with Gasteiger partial charge in [0.2, 0.25) is 0 Å². The monoisotopic (exact) mass is 574 g/mol. The summed E-state index contributed by atoms with van der Waals surface area (Å²) < 4.78 is 41.8. The highest BCUT2D eigenvalue weighted by molar-refractivity contribution is 7.90. The summed E-state index contributed by atoms with van der Waals surface area (Å²) in [5, 5.41) is 2.77. The van der Waals surface area contributed by atoms with Gasteiger partial charge in [-0.05, 0) is 70.7 Å². The largest absolute Gasteiger partial charge is 0.495 e. The van der Waals surface area contributed by atoms with Crippen LogP contribution in [0.5, 0.6) is 11.5 Å². The average Bonchev–Trinajstić information content (AvgIpc) is 3.15. The van der Waals surface area contributed by atoms with Gasteiger partial charge in [-0.15, -0.1) is 0 Å². The molecule has 0 atom stereocenters. The Morgan fingerprint density at radius 2 is 1.62 bits per heavy atom. The van der Waals surface area contributed by atoms with E-state index < -0.39 is 21.3 Å². The summed E-state index contributed by atoms with van der Waals surface area (Å²) in [6.07, 6.45) is 0.613. The zero-order valence-electron chi connectivity index (χ0n) is 25.0. The number of nitrogens with one attached hydrogen (secondary N) is 1. The number of hydrogen-bond acceptors (Lipinski definition) is 6. The smallest absolute Gasteiger partial charge is 0.343 e. The SMILES string of the molecule is CCOc1ccc2c(c1)n(C(C)(C)CC(C)(C)C)c(=O)n2S(=O)(=O)c1ccc(NC(=O)N(CC)CC)cc1OC. The number of nitrogens with zero attached hydrogens (tertiary/aromatic N) is 3. The molecule has 2 amide bonds. The molecule has 0 bridgehead atoms. The van der Waals surface area contributed by atoms with E-state index >= 15 is 0 Å². The molecule has 220 valence electrons. The van der Waals surface area contributed by atoms with Crippen molar-refractivity contribution in [3.8, 4) is 11.5 Å². The number of carbonyl (C=O) groups excluding carboxylic acids is 1. The minimum absolute atomic E-state index is 0.00466. The molecule has 10 nitrogen and oxygen atoms in total. The molecule has 0 aliphatic rings. The van der Waals surface area contributed by atoms with Crippen molar-refractivity contribution in [1.29, 1.82) is 0 Å². The molecule has 0 unspecified atom stereocenters. The maximum absolute atomic E-state index is 14.2. The molecular weight excluding hydrogens is 532 g/mol. The lowest BCUT2D eigenvalue weighted by molar-refractivity contribution is 0.214. The van der Waals surface area contributed by atoms with E-state index in [0.717, 1.165) is 3.97 Å². The van der Waals surface area contributed by atoms with E-state index in [1.54, 1.807) is 27.7 Å². The van der Waals surface area contributed by atoms with Crippen LogP contribution in [0, 0.1) is 5.41 Å². The van der Waals surface area contributed by atoms with E-state index in [4.69, 9.17) is 9.47 Å². The second-order valence-electron chi connectivity index (χ2n) is 11.5. The van der Waals surface area contributed by atoms with E-state index in [2.05, 4.69) is 26.1 Å². The molecule has 3 aromatic rings. The highest BCUT2D eigenvalue weighted by atomic mass is 32.2. The Hall–Kier alpha value is -3.47.